The maximum absolute atomic E-state index is 6.42. The van der Waals surface area contributed by atoms with Gasteiger partial charge >= 0.3 is 0 Å². The summed E-state index contributed by atoms with van der Waals surface area (Å²) < 4.78 is 16.8. The Morgan fingerprint density at radius 2 is 1.92 bits per heavy atom. The molecular formula is C19H31ClN2O3. The van der Waals surface area contributed by atoms with Crippen molar-refractivity contribution in [1.29, 1.82) is 0 Å². The molecule has 0 unspecified atom stereocenters. The molecule has 1 fully saturated rings. The quantitative estimate of drug-likeness (QED) is 0.605. The van der Waals surface area contributed by atoms with Crippen LogP contribution in [-0.2, 0) is 11.3 Å². The monoisotopic (exact) mass is 370 g/mol. The van der Waals surface area contributed by atoms with Gasteiger partial charge in [-0.25, -0.2) is 0 Å². The Balaban J connectivity index is 1.80. The number of hydrogen-bond acceptors (Lipinski definition) is 5. The SMILES string of the molecule is CCCOc1cc(Cl)c(CNCCCN2CCOCC2)cc1OCC. The van der Waals surface area contributed by atoms with E-state index in [0.717, 1.165) is 80.9 Å². The highest BCUT2D eigenvalue weighted by Crippen LogP contribution is 2.33. The largest absolute Gasteiger partial charge is 0.490 e. The average molecular weight is 371 g/mol. The average Bonchev–Trinajstić information content (AvgIpc) is 2.63. The van der Waals surface area contributed by atoms with Gasteiger partial charge in [-0.05, 0) is 44.5 Å². The molecule has 0 atom stereocenters. The van der Waals surface area contributed by atoms with Crippen LogP contribution in [0.4, 0.5) is 0 Å². The lowest BCUT2D eigenvalue weighted by atomic mass is 10.2. The van der Waals surface area contributed by atoms with Crippen LogP contribution in [0.2, 0.25) is 5.02 Å². The fraction of sp³-hybridized carbons (Fsp3) is 0.684. The normalized spacial score (nSPS) is 15.3. The van der Waals surface area contributed by atoms with Gasteiger partial charge in [-0.3, -0.25) is 4.90 Å². The van der Waals surface area contributed by atoms with E-state index >= 15 is 0 Å². The van der Waals surface area contributed by atoms with Crippen molar-refractivity contribution in [3.63, 3.8) is 0 Å². The molecule has 0 bridgehead atoms. The number of nitrogens with zero attached hydrogens (tertiary/aromatic N) is 1. The summed E-state index contributed by atoms with van der Waals surface area (Å²) in [4.78, 5) is 2.45. The lowest BCUT2D eigenvalue weighted by Gasteiger charge is -2.26. The fourth-order valence-corrected chi connectivity index (χ4v) is 3.00. The molecule has 6 heteroatoms. The fourth-order valence-electron chi connectivity index (χ4n) is 2.78. The van der Waals surface area contributed by atoms with Crippen molar-refractivity contribution < 1.29 is 14.2 Å². The minimum absolute atomic E-state index is 0.608. The molecule has 142 valence electrons. The minimum atomic E-state index is 0.608. The third-order valence-electron chi connectivity index (χ3n) is 4.12. The second-order valence-corrected chi connectivity index (χ2v) is 6.56. The highest BCUT2D eigenvalue weighted by atomic mass is 35.5. The highest BCUT2D eigenvalue weighted by Gasteiger charge is 2.12. The topological polar surface area (TPSA) is 43.0 Å². The molecule has 0 aromatic heterocycles. The first-order valence-corrected chi connectivity index (χ1v) is 9.71. The predicted molar refractivity (Wildman–Crippen MR) is 102 cm³/mol. The van der Waals surface area contributed by atoms with Gasteiger partial charge in [0.2, 0.25) is 0 Å². The van der Waals surface area contributed by atoms with Crippen LogP contribution in [0, 0.1) is 0 Å². The third-order valence-corrected chi connectivity index (χ3v) is 4.47. The maximum Gasteiger partial charge on any atom is 0.162 e. The van der Waals surface area contributed by atoms with E-state index in [2.05, 4.69) is 17.1 Å². The van der Waals surface area contributed by atoms with Crippen molar-refractivity contribution in [3.8, 4) is 11.5 Å². The van der Waals surface area contributed by atoms with Gasteiger partial charge in [0.15, 0.2) is 11.5 Å². The predicted octanol–water partition coefficient (Wildman–Crippen LogP) is 3.34. The van der Waals surface area contributed by atoms with Gasteiger partial charge in [-0.1, -0.05) is 18.5 Å². The Bertz CT molecular complexity index is 508. The van der Waals surface area contributed by atoms with Crippen molar-refractivity contribution in [2.24, 2.45) is 0 Å². The summed E-state index contributed by atoms with van der Waals surface area (Å²) in [6.07, 6.45) is 2.07. The number of hydrogen-bond donors (Lipinski definition) is 1. The van der Waals surface area contributed by atoms with Crippen LogP contribution in [0.5, 0.6) is 11.5 Å². The van der Waals surface area contributed by atoms with Crippen molar-refractivity contribution >= 4 is 11.6 Å². The molecule has 1 aromatic carbocycles. The molecule has 1 aliphatic rings. The molecule has 1 aromatic rings. The molecule has 25 heavy (non-hydrogen) atoms. The molecule has 1 N–H and O–H groups in total. The molecule has 5 nitrogen and oxygen atoms in total. The van der Waals surface area contributed by atoms with E-state index in [1.165, 1.54) is 0 Å². The third kappa shape index (κ3) is 7.02. The van der Waals surface area contributed by atoms with Crippen molar-refractivity contribution in [2.45, 2.75) is 33.2 Å². The first-order valence-electron chi connectivity index (χ1n) is 9.33. The van der Waals surface area contributed by atoms with E-state index in [1.54, 1.807) is 0 Å². The zero-order valence-electron chi connectivity index (χ0n) is 15.5. The summed E-state index contributed by atoms with van der Waals surface area (Å²) in [6.45, 7) is 11.9. The maximum atomic E-state index is 6.42. The number of morpholine rings is 1. The Hall–Kier alpha value is -1.01. The molecule has 0 saturated carbocycles. The summed E-state index contributed by atoms with van der Waals surface area (Å²) in [5.74, 6) is 1.50. The zero-order valence-corrected chi connectivity index (χ0v) is 16.2. The first kappa shape index (κ1) is 20.3. The standard InChI is InChI=1S/C19H31ClN2O3/c1-3-10-25-19-14-17(20)16(13-18(19)24-4-2)15-21-6-5-7-22-8-11-23-12-9-22/h13-14,21H,3-12,15H2,1-2H3. The van der Waals surface area contributed by atoms with Crippen molar-refractivity contribution in [3.05, 3.63) is 22.7 Å². The van der Waals surface area contributed by atoms with Gasteiger partial charge in [-0.15, -0.1) is 0 Å². The van der Waals surface area contributed by atoms with Crippen LogP contribution >= 0.6 is 11.6 Å². The zero-order chi connectivity index (χ0) is 17.9. The minimum Gasteiger partial charge on any atom is -0.490 e. The van der Waals surface area contributed by atoms with E-state index in [4.69, 9.17) is 25.8 Å². The number of benzene rings is 1. The van der Waals surface area contributed by atoms with Crippen LogP contribution in [0.3, 0.4) is 0 Å². The summed E-state index contributed by atoms with van der Waals surface area (Å²) in [7, 11) is 0. The van der Waals surface area contributed by atoms with Crippen molar-refractivity contribution in [1.82, 2.24) is 10.2 Å². The van der Waals surface area contributed by atoms with E-state index < -0.39 is 0 Å². The van der Waals surface area contributed by atoms with Gasteiger partial charge in [0.05, 0.1) is 26.4 Å². The smallest absolute Gasteiger partial charge is 0.162 e. The van der Waals surface area contributed by atoms with Crippen LogP contribution in [0.1, 0.15) is 32.3 Å². The summed E-state index contributed by atoms with van der Waals surface area (Å²) in [6, 6.07) is 3.86. The van der Waals surface area contributed by atoms with E-state index in [0.29, 0.717) is 13.2 Å². The molecule has 0 radical (unpaired) electrons. The first-order chi connectivity index (χ1) is 12.2. The number of rotatable bonds is 11. The molecule has 0 spiro atoms. The van der Waals surface area contributed by atoms with Gasteiger partial charge in [-0.2, -0.15) is 0 Å². The van der Waals surface area contributed by atoms with E-state index in [1.807, 2.05) is 19.1 Å². The molecule has 1 saturated heterocycles. The number of nitrogens with one attached hydrogen (secondary N) is 1. The summed E-state index contributed by atoms with van der Waals surface area (Å²) >= 11 is 6.42. The number of ether oxygens (including phenoxy) is 3. The van der Waals surface area contributed by atoms with E-state index in [-0.39, 0.29) is 0 Å². The second-order valence-electron chi connectivity index (χ2n) is 6.16. The van der Waals surface area contributed by atoms with Gasteiger partial charge < -0.3 is 19.5 Å². The lowest BCUT2D eigenvalue weighted by molar-refractivity contribution is 0.0374. The van der Waals surface area contributed by atoms with Gasteiger partial charge in [0, 0.05) is 30.7 Å². The molecule has 0 aliphatic carbocycles. The Kier molecular flexibility index (Phi) is 9.40. The summed E-state index contributed by atoms with van der Waals surface area (Å²) in [5.41, 5.74) is 1.04. The second kappa shape index (κ2) is 11.6. The highest BCUT2D eigenvalue weighted by molar-refractivity contribution is 6.31. The Labute approximate surface area is 156 Å². The Morgan fingerprint density at radius 3 is 2.64 bits per heavy atom. The molecular weight excluding hydrogens is 340 g/mol. The van der Waals surface area contributed by atoms with Crippen LogP contribution in [0.25, 0.3) is 0 Å². The van der Waals surface area contributed by atoms with Gasteiger partial charge in [0.25, 0.3) is 0 Å². The molecule has 1 heterocycles. The Morgan fingerprint density at radius 1 is 1.16 bits per heavy atom. The molecule has 0 amide bonds. The van der Waals surface area contributed by atoms with Crippen LogP contribution < -0.4 is 14.8 Å². The van der Waals surface area contributed by atoms with Gasteiger partial charge in [0.1, 0.15) is 0 Å². The van der Waals surface area contributed by atoms with Crippen molar-refractivity contribution in [2.75, 3.05) is 52.6 Å². The van der Waals surface area contributed by atoms with Crippen LogP contribution in [-0.4, -0.2) is 57.5 Å². The molecule has 1 aliphatic heterocycles. The molecule has 2 rings (SSSR count). The van der Waals surface area contributed by atoms with E-state index in [9.17, 15) is 0 Å². The summed E-state index contributed by atoms with van der Waals surface area (Å²) in [5, 5.41) is 4.19. The lowest BCUT2D eigenvalue weighted by Crippen LogP contribution is -2.37. The number of halogens is 1. The van der Waals surface area contributed by atoms with Crippen LogP contribution in [0.15, 0.2) is 12.1 Å².